The van der Waals surface area contributed by atoms with E-state index < -0.39 is 5.60 Å². The molecule has 6 nitrogen and oxygen atoms in total. The van der Waals surface area contributed by atoms with Crippen LogP contribution in [0.15, 0.2) is 60.7 Å². The molecule has 0 radical (unpaired) electrons. The highest BCUT2D eigenvalue weighted by molar-refractivity contribution is 6.06. The lowest BCUT2D eigenvalue weighted by molar-refractivity contribution is -0.00885. The molecular weight excluding hydrogens is 406 g/mol. The zero-order valence-corrected chi connectivity index (χ0v) is 18.0. The van der Waals surface area contributed by atoms with E-state index in [0.29, 0.717) is 43.7 Å². The fourth-order valence-corrected chi connectivity index (χ4v) is 4.55. The van der Waals surface area contributed by atoms with Crippen LogP contribution in [0.1, 0.15) is 35.2 Å². The maximum atomic E-state index is 13.0. The quantitative estimate of drug-likeness (QED) is 0.585. The number of carbonyl (C=O) groups is 2. The molecule has 0 N–H and O–H groups in total. The molecule has 1 amide bonds. The molecule has 1 spiro atoms. The molecule has 1 saturated heterocycles. The van der Waals surface area contributed by atoms with Crippen LogP contribution >= 0.6 is 0 Å². The van der Waals surface area contributed by atoms with Gasteiger partial charge in [-0.3, -0.25) is 4.79 Å². The maximum Gasteiger partial charge on any atom is 0.410 e. The first kappa shape index (κ1) is 20.4. The van der Waals surface area contributed by atoms with Gasteiger partial charge in [-0.05, 0) is 29.1 Å². The van der Waals surface area contributed by atoms with Gasteiger partial charge in [0.15, 0.2) is 5.78 Å². The average Bonchev–Trinajstić information content (AvgIpc) is 2.83. The summed E-state index contributed by atoms with van der Waals surface area (Å²) in [6.45, 7) is 1.23. The number of Topliss-reactive ketones (excluding diaryl/α,β-unsaturated/α-hetero) is 1. The third-order valence-corrected chi connectivity index (χ3v) is 6.42. The number of ketones is 1. The number of fused-ring (bicyclic) bond motifs is 3. The number of nitrogens with zero attached hydrogens (tertiary/aromatic N) is 1. The summed E-state index contributed by atoms with van der Waals surface area (Å²) in [7, 11) is 1.62. The highest BCUT2D eigenvalue weighted by Crippen LogP contribution is 2.43. The van der Waals surface area contributed by atoms with Crippen LogP contribution in [0.5, 0.6) is 11.5 Å². The molecule has 6 heteroatoms. The van der Waals surface area contributed by atoms with Crippen molar-refractivity contribution in [3.63, 3.8) is 0 Å². The number of rotatable bonds is 3. The predicted molar refractivity (Wildman–Crippen MR) is 120 cm³/mol. The summed E-state index contributed by atoms with van der Waals surface area (Å²) in [6, 6.07) is 19.2. The smallest absolute Gasteiger partial charge is 0.410 e. The second-order valence-corrected chi connectivity index (χ2v) is 8.44. The summed E-state index contributed by atoms with van der Waals surface area (Å²) >= 11 is 0. The van der Waals surface area contributed by atoms with Gasteiger partial charge in [0, 0.05) is 31.3 Å². The Morgan fingerprint density at radius 2 is 1.81 bits per heavy atom. The molecule has 0 atom stereocenters. The lowest BCUT2D eigenvalue weighted by Gasteiger charge is -2.43. The number of piperidine rings is 1. The van der Waals surface area contributed by atoms with E-state index in [2.05, 4.69) is 0 Å². The molecule has 1 fully saturated rings. The molecule has 32 heavy (non-hydrogen) atoms. The Bertz CT molecular complexity index is 1170. The highest BCUT2D eigenvalue weighted by Gasteiger charge is 2.44. The number of hydrogen-bond donors (Lipinski definition) is 0. The molecular formula is C26H25NO5. The average molecular weight is 431 g/mol. The first-order chi connectivity index (χ1) is 15.6. The minimum Gasteiger partial charge on any atom is -0.497 e. The zero-order chi connectivity index (χ0) is 22.1. The van der Waals surface area contributed by atoms with Crippen LogP contribution in [0.25, 0.3) is 10.8 Å². The van der Waals surface area contributed by atoms with Gasteiger partial charge in [-0.25, -0.2) is 4.79 Å². The highest BCUT2D eigenvalue weighted by atomic mass is 16.6. The Morgan fingerprint density at radius 3 is 2.56 bits per heavy atom. The van der Waals surface area contributed by atoms with Crippen molar-refractivity contribution in [1.29, 1.82) is 0 Å². The van der Waals surface area contributed by atoms with E-state index in [1.807, 2.05) is 60.7 Å². The van der Waals surface area contributed by atoms with Crippen LogP contribution < -0.4 is 9.47 Å². The molecule has 0 aromatic heterocycles. The monoisotopic (exact) mass is 431 g/mol. The first-order valence-corrected chi connectivity index (χ1v) is 10.9. The molecule has 0 aliphatic carbocycles. The number of amides is 1. The molecule has 164 valence electrons. The van der Waals surface area contributed by atoms with Gasteiger partial charge in [0.05, 0.1) is 19.1 Å². The van der Waals surface area contributed by atoms with Crippen molar-refractivity contribution < 1.29 is 23.8 Å². The van der Waals surface area contributed by atoms with E-state index in [0.717, 1.165) is 22.1 Å². The van der Waals surface area contributed by atoms with Gasteiger partial charge in [-0.15, -0.1) is 0 Å². The van der Waals surface area contributed by atoms with Crippen LogP contribution in [-0.2, 0) is 11.3 Å². The van der Waals surface area contributed by atoms with Crippen molar-refractivity contribution in [3.05, 3.63) is 71.8 Å². The lowest BCUT2D eigenvalue weighted by atomic mass is 9.82. The summed E-state index contributed by atoms with van der Waals surface area (Å²) in [5.74, 6) is 1.42. The third-order valence-electron chi connectivity index (χ3n) is 6.42. The minimum absolute atomic E-state index is 0.0797. The van der Waals surface area contributed by atoms with Gasteiger partial charge < -0.3 is 19.1 Å². The van der Waals surface area contributed by atoms with Gasteiger partial charge in [0.1, 0.15) is 23.7 Å². The van der Waals surface area contributed by atoms with Crippen LogP contribution in [0.3, 0.4) is 0 Å². The Morgan fingerprint density at radius 1 is 1.06 bits per heavy atom. The second kappa shape index (κ2) is 8.19. The fourth-order valence-electron chi connectivity index (χ4n) is 4.55. The number of hydrogen-bond acceptors (Lipinski definition) is 5. The summed E-state index contributed by atoms with van der Waals surface area (Å²) in [4.78, 5) is 27.2. The zero-order valence-electron chi connectivity index (χ0n) is 18.0. The third kappa shape index (κ3) is 3.77. The molecule has 3 aromatic carbocycles. The largest absolute Gasteiger partial charge is 0.497 e. The van der Waals surface area contributed by atoms with E-state index in [1.54, 1.807) is 12.0 Å². The Hall–Kier alpha value is -3.54. The van der Waals surface area contributed by atoms with Gasteiger partial charge in [-0.1, -0.05) is 42.5 Å². The topological polar surface area (TPSA) is 65.1 Å². The first-order valence-electron chi connectivity index (χ1n) is 10.9. The molecule has 2 heterocycles. The molecule has 0 saturated carbocycles. The maximum absolute atomic E-state index is 13.0. The fraction of sp³-hybridized carbons (Fsp3) is 0.308. The molecule has 0 unspecified atom stereocenters. The van der Waals surface area contributed by atoms with Crippen molar-refractivity contribution >= 4 is 22.6 Å². The number of carbonyl (C=O) groups excluding carboxylic acids is 2. The van der Waals surface area contributed by atoms with Gasteiger partial charge >= 0.3 is 6.09 Å². The SMILES string of the molecule is COc1ccc2ccc3c(c2c1)OC1(CCN(C(=O)OCc2ccccc2)CC1)CC3=O. The lowest BCUT2D eigenvalue weighted by Crippen LogP contribution is -2.52. The minimum atomic E-state index is -0.600. The molecule has 2 aliphatic heterocycles. The summed E-state index contributed by atoms with van der Waals surface area (Å²) in [6.07, 6.45) is 1.15. The van der Waals surface area contributed by atoms with Crippen molar-refractivity contribution in [3.8, 4) is 11.5 Å². The molecule has 0 bridgehead atoms. The van der Waals surface area contributed by atoms with E-state index in [4.69, 9.17) is 14.2 Å². The van der Waals surface area contributed by atoms with Crippen LogP contribution in [0, 0.1) is 0 Å². The molecule has 3 aromatic rings. The van der Waals surface area contributed by atoms with E-state index in [-0.39, 0.29) is 18.5 Å². The predicted octanol–water partition coefficient (Wildman–Crippen LogP) is 4.99. The van der Waals surface area contributed by atoms with Crippen LogP contribution in [-0.4, -0.2) is 42.6 Å². The summed E-state index contributed by atoms with van der Waals surface area (Å²) in [5, 5.41) is 1.87. The van der Waals surface area contributed by atoms with Gasteiger partial charge in [-0.2, -0.15) is 0 Å². The summed E-state index contributed by atoms with van der Waals surface area (Å²) in [5.41, 5.74) is 0.966. The number of methoxy groups -OCH3 is 1. The van der Waals surface area contributed by atoms with Crippen LogP contribution in [0.4, 0.5) is 4.79 Å². The van der Waals surface area contributed by atoms with E-state index >= 15 is 0 Å². The van der Waals surface area contributed by atoms with E-state index in [1.165, 1.54) is 0 Å². The van der Waals surface area contributed by atoms with Crippen molar-refractivity contribution in [1.82, 2.24) is 4.90 Å². The van der Waals surface area contributed by atoms with Crippen molar-refractivity contribution in [2.45, 2.75) is 31.5 Å². The second-order valence-electron chi connectivity index (χ2n) is 8.44. The number of ether oxygens (including phenoxy) is 3. The van der Waals surface area contributed by atoms with Gasteiger partial charge in [0.2, 0.25) is 0 Å². The number of likely N-dealkylation sites (tertiary alicyclic amines) is 1. The normalized spacial score (nSPS) is 17.0. The summed E-state index contributed by atoms with van der Waals surface area (Å²) < 4.78 is 17.4. The van der Waals surface area contributed by atoms with Crippen LogP contribution in [0.2, 0.25) is 0 Å². The van der Waals surface area contributed by atoms with E-state index in [9.17, 15) is 9.59 Å². The Labute approximate surface area is 186 Å². The Balaban J connectivity index is 1.31. The Kier molecular flexibility index (Phi) is 5.21. The van der Waals surface area contributed by atoms with Gasteiger partial charge in [0.25, 0.3) is 0 Å². The number of benzene rings is 3. The molecule has 2 aliphatic rings. The molecule has 5 rings (SSSR count). The van der Waals surface area contributed by atoms with Crippen molar-refractivity contribution in [2.75, 3.05) is 20.2 Å². The standard InChI is InChI=1S/C26H25NO5/c1-30-20-9-7-19-8-10-21-23(28)16-26(32-24(21)22(19)15-20)11-13-27(14-12-26)25(29)31-17-18-5-3-2-4-6-18/h2-10,15H,11-14,16-17H2,1H3. The van der Waals surface area contributed by atoms with Crippen molar-refractivity contribution in [2.24, 2.45) is 0 Å².